The number of rotatable bonds is 4. The van der Waals surface area contributed by atoms with Crippen molar-refractivity contribution in [3.8, 4) is 0 Å². The van der Waals surface area contributed by atoms with Crippen molar-refractivity contribution in [2.45, 2.75) is 4.90 Å². The van der Waals surface area contributed by atoms with E-state index < -0.39 is 33.2 Å². The number of hydrogen-bond acceptors (Lipinski definition) is 4. The first-order valence-corrected chi connectivity index (χ1v) is 7.13. The molecule has 0 aliphatic rings. The van der Waals surface area contributed by atoms with Gasteiger partial charge in [-0.2, -0.15) is 0 Å². The van der Waals surface area contributed by atoms with Crippen LogP contribution in [-0.2, 0) is 10.0 Å². The normalized spacial score (nSPS) is 11.2. The molecule has 2 rings (SSSR count). The molecule has 1 aromatic carbocycles. The van der Waals surface area contributed by atoms with E-state index >= 15 is 0 Å². The quantitative estimate of drug-likeness (QED) is 0.908. The Bertz CT molecular complexity index is 741. The van der Waals surface area contributed by atoms with E-state index in [1.54, 1.807) is 11.8 Å². The van der Waals surface area contributed by atoms with Gasteiger partial charge in [-0.15, -0.1) is 0 Å². The van der Waals surface area contributed by atoms with E-state index in [0.29, 0.717) is 18.0 Å². The average molecular weight is 317 g/mol. The van der Waals surface area contributed by atoms with Crippen LogP contribution in [0.4, 0.5) is 24.7 Å². The predicted octanol–water partition coefficient (Wildman–Crippen LogP) is 2.34. The number of anilines is 2. The molecule has 0 bridgehead atoms. The Morgan fingerprint density at radius 1 is 1.10 bits per heavy atom. The smallest absolute Gasteiger partial charge is 0.263 e. The first-order valence-electron chi connectivity index (χ1n) is 5.64. The van der Waals surface area contributed by atoms with Gasteiger partial charge in [0.2, 0.25) is 0 Å². The monoisotopic (exact) mass is 317 g/mol. The van der Waals surface area contributed by atoms with Crippen LogP contribution in [-0.4, -0.2) is 20.4 Å². The Kier molecular flexibility index (Phi) is 4.03. The topological polar surface area (TPSA) is 71.1 Å². The van der Waals surface area contributed by atoms with Crippen LogP contribution in [0.5, 0.6) is 0 Å². The molecule has 2 N–H and O–H groups in total. The Balaban J connectivity index is 2.37. The van der Waals surface area contributed by atoms with E-state index in [9.17, 15) is 21.6 Å². The van der Waals surface area contributed by atoms with E-state index in [2.05, 4.69) is 10.3 Å². The van der Waals surface area contributed by atoms with Crippen LogP contribution in [0, 0.1) is 17.5 Å². The fourth-order valence-electron chi connectivity index (χ4n) is 1.52. The largest absolute Gasteiger partial charge is 0.373 e. The molecule has 0 aliphatic carbocycles. The summed E-state index contributed by atoms with van der Waals surface area (Å²) in [6.07, 6.45) is 1.02. The molecule has 0 atom stereocenters. The predicted molar refractivity (Wildman–Crippen MR) is 70.9 cm³/mol. The highest BCUT2D eigenvalue weighted by atomic mass is 32.2. The molecule has 21 heavy (non-hydrogen) atoms. The van der Waals surface area contributed by atoms with Gasteiger partial charge in [0, 0.05) is 25.4 Å². The SMILES string of the molecule is CNc1ccc(S(=O)(=O)Nc2c(F)cc(F)cc2F)cn1. The molecule has 1 aromatic heterocycles. The maximum atomic E-state index is 13.4. The Morgan fingerprint density at radius 2 is 1.71 bits per heavy atom. The van der Waals surface area contributed by atoms with Crippen molar-refractivity contribution in [2.24, 2.45) is 0 Å². The standard InChI is InChI=1S/C12H10F3N3O2S/c1-16-11-3-2-8(6-17-11)21(19,20)18-12-9(14)4-7(13)5-10(12)15/h2-6,18H,1H3,(H,16,17). The van der Waals surface area contributed by atoms with Crippen LogP contribution in [0.15, 0.2) is 35.4 Å². The minimum atomic E-state index is -4.24. The lowest BCUT2D eigenvalue weighted by atomic mass is 10.3. The molecule has 2 aromatic rings. The van der Waals surface area contributed by atoms with Gasteiger partial charge in [-0.25, -0.2) is 26.6 Å². The lowest BCUT2D eigenvalue weighted by molar-refractivity contribution is 0.547. The van der Waals surface area contributed by atoms with Crippen molar-refractivity contribution in [3.05, 3.63) is 47.9 Å². The number of benzene rings is 1. The van der Waals surface area contributed by atoms with E-state index in [4.69, 9.17) is 0 Å². The molecule has 9 heteroatoms. The summed E-state index contributed by atoms with van der Waals surface area (Å²) in [5, 5.41) is 2.69. The molecule has 0 unspecified atom stereocenters. The zero-order valence-corrected chi connectivity index (χ0v) is 11.5. The Labute approximate surface area is 118 Å². The van der Waals surface area contributed by atoms with Gasteiger partial charge in [0.1, 0.15) is 22.2 Å². The van der Waals surface area contributed by atoms with Gasteiger partial charge >= 0.3 is 0 Å². The van der Waals surface area contributed by atoms with Crippen LogP contribution in [0.1, 0.15) is 0 Å². The molecule has 1 heterocycles. The lowest BCUT2D eigenvalue weighted by Gasteiger charge is -2.10. The van der Waals surface area contributed by atoms with Gasteiger partial charge in [-0.3, -0.25) is 4.72 Å². The van der Waals surface area contributed by atoms with Crippen molar-refractivity contribution in [1.29, 1.82) is 0 Å². The van der Waals surface area contributed by atoms with Crippen LogP contribution in [0.3, 0.4) is 0 Å². The molecule has 0 spiro atoms. The third-order valence-electron chi connectivity index (χ3n) is 2.55. The average Bonchev–Trinajstić information content (AvgIpc) is 2.43. The molecule has 5 nitrogen and oxygen atoms in total. The number of halogens is 3. The third kappa shape index (κ3) is 3.24. The van der Waals surface area contributed by atoms with Crippen molar-refractivity contribution in [3.63, 3.8) is 0 Å². The van der Waals surface area contributed by atoms with Gasteiger partial charge in [0.05, 0.1) is 0 Å². The molecule has 0 fully saturated rings. The summed E-state index contributed by atoms with van der Waals surface area (Å²) in [5.74, 6) is -3.42. The van der Waals surface area contributed by atoms with Gasteiger partial charge in [0.15, 0.2) is 11.6 Å². The number of sulfonamides is 1. The van der Waals surface area contributed by atoms with Crippen molar-refractivity contribution in [1.82, 2.24) is 4.98 Å². The molecule has 0 saturated carbocycles. The zero-order valence-electron chi connectivity index (χ0n) is 10.7. The highest BCUT2D eigenvalue weighted by Crippen LogP contribution is 2.23. The number of nitrogens with zero attached hydrogens (tertiary/aromatic N) is 1. The Hall–Kier alpha value is -2.29. The minimum absolute atomic E-state index is 0.287. The van der Waals surface area contributed by atoms with E-state index in [0.717, 1.165) is 6.20 Å². The third-order valence-corrected chi connectivity index (χ3v) is 3.88. The molecule has 0 saturated heterocycles. The fourth-order valence-corrected chi connectivity index (χ4v) is 2.54. The van der Waals surface area contributed by atoms with Crippen LogP contribution < -0.4 is 10.0 Å². The summed E-state index contributed by atoms with van der Waals surface area (Å²) in [6, 6.07) is 3.35. The number of nitrogens with one attached hydrogen (secondary N) is 2. The van der Waals surface area contributed by atoms with Crippen molar-refractivity contribution < 1.29 is 21.6 Å². The van der Waals surface area contributed by atoms with Gasteiger partial charge in [0.25, 0.3) is 10.0 Å². The molecule has 0 radical (unpaired) electrons. The van der Waals surface area contributed by atoms with Crippen molar-refractivity contribution >= 4 is 21.5 Å². The van der Waals surface area contributed by atoms with Gasteiger partial charge in [-0.1, -0.05) is 0 Å². The molecular weight excluding hydrogens is 307 g/mol. The van der Waals surface area contributed by atoms with Crippen molar-refractivity contribution in [2.75, 3.05) is 17.1 Å². The summed E-state index contributed by atoms with van der Waals surface area (Å²) >= 11 is 0. The molecule has 0 aliphatic heterocycles. The summed E-state index contributed by atoms with van der Waals surface area (Å²) in [4.78, 5) is 3.50. The van der Waals surface area contributed by atoms with E-state index in [1.807, 2.05) is 0 Å². The van der Waals surface area contributed by atoms with E-state index in [1.165, 1.54) is 12.1 Å². The first-order chi connectivity index (χ1) is 9.83. The van der Waals surface area contributed by atoms with E-state index in [-0.39, 0.29) is 4.90 Å². The summed E-state index contributed by atoms with van der Waals surface area (Å²) in [6.45, 7) is 0. The minimum Gasteiger partial charge on any atom is -0.373 e. The molecule has 112 valence electrons. The summed E-state index contributed by atoms with van der Waals surface area (Å²) in [7, 11) is -2.64. The fraction of sp³-hybridized carbons (Fsp3) is 0.0833. The highest BCUT2D eigenvalue weighted by Gasteiger charge is 2.20. The Morgan fingerprint density at radius 3 is 2.19 bits per heavy atom. The second-order valence-electron chi connectivity index (χ2n) is 3.98. The number of hydrogen-bond donors (Lipinski definition) is 2. The van der Waals surface area contributed by atoms with Gasteiger partial charge in [-0.05, 0) is 12.1 Å². The number of aromatic nitrogens is 1. The summed E-state index contributed by atoms with van der Waals surface area (Å²) in [5.41, 5.74) is -0.950. The maximum absolute atomic E-state index is 13.4. The number of pyridine rings is 1. The second-order valence-corrected chi connectivity index (χ2v) is 5.66. The van der Waals surface area contributed by atoms with Gasteiger partial charge < -0.3 is 5.32 Å². The van der Waals surface area contributed by atoms with Crippen LogP contribution in [0.2, 0.25) is 0 Å². The highest BCUT2D eigenvalue weighted by molar-refractivity contribution is 7.92. The first kappa shape index (κ1) is 15.1. The lowest BCUT2D eigenvalue weighted by Crippen LogP contribution is -2.15. The maximum Gasteiger partial charge on any atom is 0.263 e. The second kappa shape index (κ2) is 5.60. The van der Waals surface area contributed by atoms with Crippen LogP contribution >= 0.6 is 0 Å². The zero-order chi connectivity index (χ0) is 15.6. The molecule has 0 amide bonds. The van der Waals surface area contributed by atoms with Crippen LogP contribution in [0.25, 0.3) is 0 Å². The molecular formula is C12H10F3N3O2S. The summed E-state index contributed by atoms with van der Waals surface area (Å²) < 4.78 is 65.4.